The predicted molar refractivity (Wildman–Crippen MR) is 99.8 cm³/mol. The smallest absolute Gasteiger partial charge is 0.312 e. The van der Waals surface area contributed by atoms with Crippen LogP contribution >= 0.6 is 0 Å². The van der Waals surface area contributed by atoms with Crippen molar-refractivity contribution in [1.82, 2.24) is 4.90 Å². The van der Waals surface area contributed by atoms with E-state index >= 15 is 0 Å². The van der Waals surface area contributed by atoms with Crippen LogP contribution < -0.4 is 10.5 Å². The van der Waals surface area contributed by atoms with Gasteiger partial charge in [0.25, 0.3) is 5.91 Å². The molecule has 0 saturated carbocycles. The number of nitrogens with two attached hydrogens (primary N) is 1. The largest absolute Gasteiger partial charge is 0.496 e. The quantitative estimate of drug-likeness (QED) is 0.701. The maximum Gasteiger partial charge on any atom is 0.312 e. The lowest BCUT2D eigenvalue weighted by atomic mass is 9.83. The lowest BCUT2D eigenvalue weighted by Gasteiger charge is -2.41. The normalized spacial score (nSPS) is 20.9. The third-order valence-electron chi connectivity index (χ3n) is 4.91. The summed E-state index contributed by atoms with van der Waals surface area (Å²) in [5, 5.41) is 0. The number of likely N-dealkylation sites (tertiary alicyclic amines) is 1. The number of nitrogens with zero attached hydrogens (tertiary/aromatic N) is 1. The van der Waals surface area contributed by atoms with Gasteiger partial charge in [-0.2, -0.15) is 0 Å². The number of benzene rings is 1. The van der Waals surface area contributed by atoms with E-state index in [9.17, 15) is 14.4 Å². The molecule has 3 atom stereocenters. The molecule has 2 amide bonds. The lowest BCUT2D eigenvalue weighted by Crippen LogP contribution is -2.47. The van der Waals surface area contributed by atoms with Crippen molar-refractivity contribution in [2.24, 2.45) is 11.7 Å². The zero-order valence-corrected chi connectivity index (χ0v) is 16.1. The van der Waals surface area contributed by atoms with E-state index in [4.69, 9.17) is 15.2 Å². The molecule has 1 aromatic rings. The van der Waals surface area contributed by atoms with Gasteiger partial charge in [-0.3, -0.25) is 14.4 Å². The van der Waals surface area contributed by atoms with Gasteiger partial charge in [0, 0.05) is 18.5 Å². The Morgan fingerprint density at radius 1 is 1.33 bits per heavy atom. The van der Waals surface area contributed by atoms with Gasteiger partial charge in [-0.15, -0.1) is 0 Å². The number of hydrogen-bond donors (Lipinski definition) is 1. The summed E-state index contributed by atoms with van der Waals surface area (Å²) >= 11 is 0. The van der Waals surface area contributed by atoms with E-state index in [1.165, 1.54) is 6.92 Å². The first-order valence-electron chi connectivity index (χ1n) is 9.32. The fourth-order valence-corrected chi connectivity index (χ4v) is 3.41. The summed E-state index contributed by atoms with van der Waals surface area (Å²) in [6.45, 7) is 4.04. The molecule has 0 bridgehead atoms. The highest BCUT2D eigenvalue weighted by Gasteiger charge is 2.43. The summed E-state index contributed by atoms with van der Waals surface area (Å²) < 4.78 is 10.7. The summed E-state index contributed by atoms with van der Waals surface area (Å²) in [4.78, 5) is 38.5. The van der Waals surface area contributed by atoms with Crippen molar-refractivity contribution in [2.75, 3.05) is 13.7 Å². The molecule has 148 valence electrons. The molecule has 0 unspecified atom stereocenters. The number of esters is 1. The monoisotopic (exact) mass is 376 g/mol. The highest BCUT2D eigenvalue weighted by atomic mass is 16.5. The van der Waals surface area contributed by atoms with Crippen LogP contribution in [0, 0.1) is 5.92 Å². The molecule has 2 rings (SSSR count). The third-order valence-corrected chi connectivity index (χ3v) is 4.91. The fourth-order valence-electron chi connectivity index (χ4n) is 3.41. The van der Waals surface area contributed by atoms with Crippen LogP contribution in [-0.2, 0) is 19.1 Å². The molecule has 7 nitrogen and oxygen atoms in total. The molecule has 0 spiro atoms. The highest BCUT2D eigenvalue weighted by molar-refractivity contribution is 5.85. The number of para-hydroxylation sites is 1. The first-order valence-corrected chi connectivity index (χ1v) is 9.32. The van der Waals surface area contributed by atoms with Crippen molar-refractivity contribution in [3.8, 4) is 5.75 Å². The Morgan fingerprint density at radius 2 is 2.04 bits per heavy atom. The van der Waals surface area contributed by atoms with Crippen LogP contribution in [0.25, 0.3) is 0 Å². The van der Waals surface area contributed by atoms with Crippen LogP contribution in [0.15, 0.2) is 24.3 Å². The van der Waals surface area contributed by atoms with E-state index < -0.39 is 29.9 Å². The topological polar surface area (TPSA) is 98.9 Å². The zero-order chi connectivity index (χ0) is 20.0. The molecule has 2 N–H and O–H groups in total. The summed E-state index contributed by atoms with van der Waals surface area (Å²) in [5.41, 5.74) is 5.98. The molecule has 1 fully saturated rings. The van der Waals surface area contributed by atoms with Crippen molar-refractivity contribution in [2.45, 2.75) is 51.7 Å². The minimum Gasteiger partial charge on any atom is -0.496 e. The van der Waals surface area contributed by atoms with Gasteiger partial charge in [-0.05, 0) is 25.8 Å². The molecule has 1 heterocycles. The van der Waals surface area contributed by atoms with Gasteiger partial charge in [0.2, 0.25) is 5.91 Å². The zero-order valence-electron chi connectivity index (χ0n) is 16.1. The maximum atomic E-state index is 12.8. The molecule has 1 aromatic carbocycles. The number of carbonyl (C=O) groups is 3. The van der Waals surface area contributed by atoms with E-state index in [1.807, 2.05) is 25.1 Å². The molecular formula is C20H28N2O5. The molecule has 7 heteroatoms. The number of unbranched alkanes of at least 4 members (excludes halogenated alkanes) is 1. The van der Waals surface area contributed by atoms with Crippen LogP contribution in [-0.4, -0.2) is 42.4 Å². The van der Waals surface area contributed by atoms with E-state index in [-0.39, 0.29) is 12.3 Å². The first kappa shape index (κ1) is 20.7. The van der Waals surface area contributed by atoms with Crippen molar-refractivity contribution >= 4 is 17.8 Å². The molecule has 0 radical (unpaired) electrons. The first-order chi connectivity index (χ1) is 12.9. The summed E-state index contributed by atoms with van der Waals surface area (Å²) in [6.07, 6.45) is 1.36. The Labute approximate surface area is 159 Å². The van der Waals surface area contributed by atoms with Gasteiger partial charge >= 0.3 is 5.97 Å². The Morgan fingerprint density at radius 3 is 2.67 bits per heavy atom. The van der Waals surface area contributed by atoms with E-state index in [1.54, 1.807) is 18.1 Å². The van der Waals surface area contributed by atoms with Crippen LogP contribution in [0.3, 0.4) is 0 Å². The van der Waals surface area contributed by atoms with Gasteiger partial charge in [0.15, 0.2) is 6.10 Å². The number of hydrogen-bond acceptors (Lipinski definition) is 5. The van der Waals surface area contributed by atoms with Gasteiger partial charge in [0.1, 0.15) is 5.75 Å². The van der Waals surface area contributed by atoms with Crippen LogP contribution in [0.5, 0.6) is 5.75 Å². The summed E-state index contributed by atoms with van der Waals surface area (Å²) in [7, 11) is 1.56. The van der Waals surface area contributed by atoms with Crippen LogP contribution in [0.4, 0.5) is 0 Å². The number of piperidine rings is 1. The van der Waals surface area contributed by atoms with Crippen LogP contribution in [0.2, 0.25) is 0 Å². The average Bonchev–Trinajstić information content (AvgIpc) is 2.66. The van der Waals surface area contributed by atoms with Crippen LogP contribution in [0.1, 0.15) is 51.1 Å². The fraction of sp³-hybridized carbons (Fsp3) is 0.550. The molecular weight excluding hydrogens is 348 g/mol. The van der Waals surface area contributed by atoms with Gasteiger partial charge in [0.05, 0.1) is 19.1 Å². The minimum absolute atomic E-state index is 0.00589. The number of ether oxygens (including phenoxy) is 2. The highest BCUT2D eigenvalue weighted by Crippen LogP contribution is 2.41. The second-order valence-electron chi connectivity index (χ2n) is 6.75. The van der Waals surface area contributed by atoms with E-state index in [2.05, 4.69) is 0 Å². The minimum atomic E-state index is -1.02. The molecule has 0 aliphatic carbocycles. The lowest BCUT2D eigenvalue weighted by molar-refractivity contribution is -0.164. The Bertz CT molecular complexity index is 691. The average molecular weight is 376 g/mol. The summed E-state index contributed by atoms with van der Waals surface area (Å²) in [5.74, 6) is -1.19. The SMILES string of the molecule is CCCCN1C(=O)CC[C@@H](C(=O)O[C@@H](C)C(N)=O)[C@H]1c1ccccc1OC. The number of primary amides is 1. The van der Waals surface area contributed by atoms with Gasteiger partial charge < -0.3 is 20.1 Å². The molecule has 1 aliphatic rings. The van der Waals surface area contributed by atoms with Crippen molar-refractivity contribution in [3.05, 3.63) is 29.8 Å². The molecule has 0 aromatic heterocycles. The van der Waals surface area contributed by atoms with Gasteiger partial charge in [-0.25, -0.2) is 0 Å². The van der Waals surface area contributed by atoms with Crippen molar-refractivity contribution < 1.29 is 23.9 Å². The third kappa shape index (κ3) is 4.78. The van der Waals surface area contributed by atoms with Crippen molar-refractivity contribution in [3.63, 3.8) is 0 Å². The molecule has 1 aliphatic heterocycles. The Kier molecular flexibility index (Phi) is 7.21. The number of methoxy groups -OCH3 is 1. The molecule has 1 saturated heterocycles. The maximum absolute atomic E-state index is 12.8. The standard InChI is InChI=1S/C20H28N2O5/c1-4-5-12-22-17(23)11-10-15(20(25)27-13(2)19(21)24)18(22)14-8-6-7-9-16(14)26-3/h6-9,13,15,18H,4-5,10-12H2,1-3H3,(H2,21,24)/t13-,15+,18+/m0/s1. The Hall–Kier alpha value is -2.57. The Balaban J connectivity index is 2.42. The molecule has 27 heavy (non-hydrogen) atoms. The second kappa shape index (κ2) is 9.39. The van der Waals surface area contributed by atoms with E-state index in [0.29, 0.717) is 18.7 Å². The number of rotatable bonds is 8. The van der Waals surface area contributed by atoms with Gasteiger partial charge in [-0.1, -0.05) is 31.5 Å². The number of amides is 2. The second-order valence-corrected chi connectivity index (χ2v) is 6.75. The van der Waals surface area contributed by atoms with E-state index in [0.717, 1.165) is 18.4 Å². The number of carbonyl (C=O) groups excluding carboxylic acids is 3. The predicted octanol–water partition coefficient (Wildman–Crippen LogP) is 2.19. The summed E-state index contributed by atoms with van der Waals surface area (Å²) in [6, 6.07) is 6.86. The van der Waals surface area contributed by atoms with Crippen molar-refractivity contribution in [1.29, 1.82) is 0 Å².